The van der Waals surface area contributed by atoms with Crippen molar-refractivity contribution in [2.45, 2.75) is 30.4 Å². The van der Waals surface area contributed by atoms with Crippen LogP contribution in [-0.2, 0) is 6.42 Å². The molecule has 1 rings (SSSR count). The summed E-state index contributed by atoms with van der Waals surface area (Å²) in [7, 11) is 2.06. The number of hydrogen-bond acceptors (Lipinski definition) is 4. The van der Waals surface area contributed by atoms with Gasteiger partial charge in [-0.05, 0) is 31.2 Å². The molecule has 0 aromatic heterocycles. The molecule has 4 heteroatoms. The number of hydrogen-bond donors (Lipinski definition) is 2. The van der Waals surface area contributed by atoms with Gasteiger partial charge < -0.3 is 0 Å². The minimum atomic E-state index is 0.641. The second kappa shape index (κ2) is 7.71. The molecule has 0 aliphatic heterocycles. The molecule has 0 saturated carbocycles. The average Bonchev–Trinajstić information content (AvgIpc) is 2.28. The van der Waals surface area contributed by atoms with Crippen LogP contribution in [0.3, 0.4) is 0 Å². The van der Waals surface area contributed by atoms with Gasteiger partial charge in [-0.1, -0.05) is 26.0 Å². The molecular formula is C13H23N3S. The second-order valence-electron chi connectivity index (χ2n) is 4.50. The van der Waals surface area contributed by atoms with Crippen LogP contribution in [0, 0.1) is 0 Å². The van der Waals surface area contributed by atoms with Crippen LogP contribution in [0.4, 0.5) is 0 Å². The topological polar surface area (TPSA) is 41.3 Å². The zero-order valence-electron chi connectivity index (χ0n) is 10.9. The molecule has 1 aromatic rings. The maximum atomic E-state index is 5.27. The van der Waals surface area contributed by atoms with Crippen LogP contribution in [0.2, 0.25) is 0 Å². The number of benzene rings is 1. The third kappa shape index (κ3) is 6.07. The Kier molecular flexibility index (Phi) is 6.58. The molecule has 0 bridgehead atoms. The first-order chi connectivity index (χ1) is 8.11. The molecule has 0 fully saturated rings. The Balaban J connectivity index is 2.40. The van der Waals surface area contributed by atoms with Gasteiger partial charge in [-0.15, -0.1) is 11.8 Å². The van der Waals surface area contributed by atoms with Gasteiger partial charge in [0.2, 0.25) is 0 Å². The fourth-order valence-corrected chi connectivity index (χ4v) is 2.40. The molecule has 3 N–H and O–H groups in total. The summed E-state index contributed by atoms with van der Waals surface area (Å²) < 4.78 is 0. The number of likely N-dealkylation sites (N-methyl/N-ethyl adjacent to an activating group) is 1. The molecule has 0 saturated heterocycles. The smallest absolute Gasteiger partial charge is 0.0610 e. The highest BCUT2D eigenvalue weighted by molar-refractivity contribution is 7.99. The summed E-state index contributed by atoms with van der Waals surface area (Å²) in [5.74, 6) is 5.27. The van der Waals surface area contributed by atoms with Gasteiger partial charge >= 0.3 is 0 Å². The van der Waals surface area contributed by atoms with Crippen molar-refractivity contribution in [3.63, 3.8) is 0 Å². The molecule has 0 amide bonds. The molecule has 96 valence electrons. The van der Waals surface area contributed by atoms with Crippen LogP contribution < -0.4 is 11.3 Å². The summed E-state index contributed by atoms with van der Waals surface area (Å²) in [6.45, 7) is 6.17. The highest BCUT2D eigenvalue weighted by Gasteiger charge is 2.00. The van der Waals surface area contributed by atoms with Crippen LogP contribution >= 0.6 is 11.8 Å². The first kappa shape index (κ1) is 14.5. The summed E-state index contributed by atoms with van der Waals surface area (Å²) in [4.78, 5) is 3.51. The standard InChI is InChI=1S/C13H23N3S/c1-11(2)17-13-6-4-12(5-7-13)8-9-16(3)10-15-14/h4-7,11,15H,8-10,14H2,1-3H3. The van der Waals surface area contributed by atoms with Crippen molar-refractivity contribution in [3.05, 3.63) is 29.8 Å². The first-order valence-corrected chi connectivity index (χ1v) is 6.87. The number of nitrogens with two attached hydrogens (primary N) is 1. The summed E-state index contributed by atoms with van der Waals surface area (Å²) in [6, 6.07) is 8.85. The van der Waals surface area contributed by atoms with E-state index in [0.717, 1.165) is 19.6 Å². The van der Waals surface area contributed by atoms with E-state index >= 15 is 0 Å². The van der Waals surface area contributed by atoms with Crippen LogP contribution in [-0.4, -0.2) is 30.4 Å². The molecule has 0 aliphatic rings. The number of thioether (sulfide) groups is 1. The normalized spacial score (nSPS) is 11.4. The van der Waals surface area contributed by atoms with Gasteiger partial charge in [0, 0.05) is 16.7 Å². The minimum absolute atomic E-state index is 0.641. The van der Waals surface area contributed by atoms with E-state index in [-0.39, 0.29) is 0 Å². The van der Waals surface area contributed by atoms with Gasteiger partial charge in [0.05, 0.1) is 6.67 Å². The molecule has 3 nitrogen and oxygen atoms in total. The summed E-state index contributed by atoms with van der Waals surface area (Å²) in [5.41, 5.74) is 4.03. The molecule has 0 spiro atoms. The van der Waals surface area contributed by atoms with Crippen LogP contribution in [0.5, 0.6) is 0 Å². The molecule has 1 aromatic carbocycles. The number of nitrogens with zero attached hydrogens (tertiary/aromatic N) is 1. The zero-order chi connectivity index (χ0) is 12.7. The van der Waals surface area contributed by atoms with E-state index in [9.17, 15) is 0 Å². The minimum Gasteiger partial charge on any atom is -0.292 e. The Morgan fingerprint density at radius 1 is 1.29 bits per heavy atom. The predicted octanol–water partition coefficient (Wildman–Crippen LogP) is 2.08. The second-order valence-corrected chi connectivity index (χ2v) is 6.15. The molecule has 0 heterocycles. The molecule has 17 heavy (non-hydrogen) atoms. The maximum absolute atomic E-state index is 5.27. The van der Waals surface area contributed by atoms with E-state index < -0.39 is 0 Å². The van der Waals surface area contributed by atoms with Crippen molar-refractivity contribution < 1.29 is 0 Å². The molecular weight excluding hydrogens is 230 g/mol. The lowest BCUT2D eigenvalue weighted by Gasteiger charge is -2.15. The molecule has 0 atom stereocenters. The van der Waals surface area contributed by atoms with Crippen molar-refractivity contribution in [3.8, 4) is 0 Å². The van der Waals surface area contributed by atoms with E-state index in [1.807, 2.05) is 11.8 Å². The lowest BCUT2D eigenvalue weighted by molar-refractivity contribution is 0.313. The largest absolute Gasteiger partial charge is 0.292 e. The summed E-state index contributed by atoms with van der Waals surface area (Å²) in [5, 5.41) is 0.641. The van der Waals surface area contributed by atoms with Gasteiger partial charge in [0.1, 0.15) is 0 Å². The third-order valence-corrected chi connectivity index (χ3v) is 3.45. The van der Waals surface area contributed by atoms with Crippen LogP contribution in [0.25, 0.3) is 0 Å². The molecule has 0 unspecified atom stereocenters. The van der Waals surface area contributed by atoms with Crippen LogP contribution in [0.1, 0.15) is 19.4 Å². The van der Waals surface area contributed by atoms with E-state index in [1.165, 1.54) is 10.5 Å². The van der Waals surface area contributed by atoms with E-state index in [2.05, 4.69) is 55.5 Å². The third-order valence-electron chi connectivity index (χ3n) is 2.44. The average molecular weight is 253 g/mol. The highest BCUT2D eigenvalue weighted by atomic mass is 32.2. The SMILES string of the molecule is CC(C)Sc1ccc(CCN(C)CNN)cc1. The fraction of sp³-hybridized carbons (Fsp3) is 0.538. The summed E-state index contributed by atoms with van der Waals surface area (Å²) in [6.07, 6.45) is 1.06. The molecule has 0 aliphatic carbocycles. The van der Waals surface area contributed by atoms with E-state index in [0.29, 0.717) is 5.25 Å². The van der Waals surface area contributed by atoms with Gasteiger partial charge in [-0.2, -0.15) is 0 Å². The Morgan fingerprint density at radius 2 is 1.94 bits per heavy atom. The Hall–Kier alpha value is -0.550. The number of hydrazine groups is 1. The predicted molar refractivity (Wildman–Crippen MR) is 76.0 cm³/mol. The first-order valence-electron chi connectivity index (χ1n) is 5.99. The van der Waals surface area contributed by atoms with Gasteiger partial charge in [-0.3, -0.25) is 10.7 Å². The van der Waals surface area contributed by atoms with Crippen molar-refractivity contribution in [1.82, 2.24) is 10.3 Å². The monoisotopic (exact) mass is 253 g/mol. The van der Waals surface area contributed by atoms with Crippen molar-refractivity contribution in [2.24, 2.45) is 5.84 Å². The number of nitrogens with one attached hydrogen (secondary N) is 1. The summed E-state index contributed by atoms with van der Waals surface area (Å²) >= 11 is 1.90. The van der Waals surface area contributed by atoms with E-state index in [1.54, 1.807) is 0 Å². The fourth-order valence-electron chi connectivity index (χ4n) is 1.56. The zero-order valence-corrected chi connectivity index (χ0v) is 11.8. The Labute approximate surface area is 109 Å². The van der Waals surface area contributed by atoms with E-state index in [4.69, 9.17) is 5.84 Å². The quantitative estimate of drug-likeness (QED) is 0.338. The van der Waals surface area contributed by atoms with Crippen LogP contribution in [0.15, 0.2) is 29.2 Å². The van der Waals surface area contributed by atoms with Crippen molar-refractivity contribution >= 4 is 11.8 Å². The Bertz CT molecular complexity index is 311. The highest BCUT2D eigenvalue weighted by Crippen LogP contribution is 2.22. The van der Waals surface area contributed by atoms with Gasteiger partial charge in [0.15, 0.2) is 0 Å². The lowest BCUT2D eigenvalue weighted by atomic mass is 10.1. The lowest BCUT2D eigenvalue weighted by Crippen LogP contribution is -2.36. The number of rotatable bonds is 7. The van der Waals surface area contributed by atoms with Gasteiger partial charge in [0.25, 0.3) is 0 Å². The Morgan fingerprint density at radius 3 is 2.47 bits per heavy atom. The van der Waals surface area contributed by atoms with Crippen molar-refractivity contribution in [1.29, 1.82) is 0 Å². The van der Waals surface area contributed by atoms with Gasteiger partial charge in [-0.25, -0.2) is 5.43 Å². The maximum Gasteiger partial charge on any atom is 0.0610 e. The van der Waals surface area contributed by atoms with Crippen molar-refractivity contribution in [2.75, 3.05) is 20.3 Å². The molecule has 0 radical (unpaired) electrons.